The summed E-state index contributed by atoms with van der Waals surface area (Å²) in [5, 5.41) is 0. The molecule has 6 heteroatoms. The van der Waals surface area contributed by atoms with Crippen LogP contribution in [0.25, 0.3) is 0 Å². The molecule has 120 valence electrons. The van der Waals surface area contributed by atoms with Gasteiger partial charge in [-0.05, 0) is 25.0 Å². The highest BCUT2D eigenvalue weighted by Gasteiger charge is 2.56. The van der Waals surface area contributed by atoms with E-state index in [1.54, 1.807) is 12.7 Å². The second-order valence-corrected chi connectivity index (χ2v) is 7.26. The lowest BCUT2D eigenvalue weighted by molar-refractivity contribution is 0.503. The van der Waals surface area contributed by atoms with Gasteiger partial charge in [0.15, 0.2) is 0 Å². The van der Waals surface area contributed by atoms with E-state index in [4.69, 9.17) is 0 Å². The highest BCUT2D eigenvalue weighted by Crippen LogP contribution is 2.62. The lowest BCUT2D eigenvalue weighted by Gasteiger charge is -2.29. The van der Waals surface area contributed by atoms with Crippen molar-refractivity contribution in [1.82, 2.24) is 19.9 Å². The van der Waals surface area contributed by atoms with Crippen LogP contribution in [0, 0.1) is 0 Å². The molecule has 0 spiro atoms. The third-order valence-electron chi connectivity index (χ3n) is 6.25. The Bertz CT molecular complexity index is 984. The molecular formula is C19H14N6. The van der Waals surface area contributed by atoms with E-state index in [0.29, 0.717) is 18.0 Å². The molecule has 2 aromatic heterocycles. The SMILES string of the molecule is c1cc2c3c(c1)N1c4ncncc4CC1C3C1Cc3cncnc3N21. The molecule has 2 atom stereocenters. The Hall–Kier alpha value is -3.02. The highest BCUT2D eigenvalue weighted by molar-refractivity contribution is 5.88. The first-order chi connectivity index (χ1) is 12.4. The molecular weight excluding hydrogens is 312 g/mol. The molecule has 0 radical (unpaired) electrons. The first-order valence-corrected chi connectivity index (χ1v) is 8.71. The minimum absolute atomic E-state index is 0.431. The van der Waals surface area contributed by atoms with Gasteiger partial charge in [-0.1, -0.05) is 6.07 Å². The molecule has 4 aliphatic heterocycles. The van der Waals surface area contributed by atoms with E-state index in [2.05, 4.69) is 47.9 Å². The fourth-order valence-corrected chi connectivity index (χ4v) is 5.48. The Morgan fingerprint density at radius 1 is 0.800 bits per heavy atom. The van der Waals surface area contributed by atoms with Crippen LogP contribution in [0.3, 0.4) is 0 Å². The Morgan fingerprint density at radius 2 is 1.36 bits per heavy atom. The summed E-state index contributed by atoms with van der Waals surface area (Å²) in [4.78, 5) is 22.6. The standard InChI is InChI=1S/C19H14N6/c1-2-12-16-13(3-1)25-15(5-11-7-21-9-23-19(11)25)17(16)14-4-10-6-20-8-22-18(10)24(12)14/h1-3,6-9,14-15,17H,4-5H2. The maximum atomic E-state index is 4.59. The molecule has 0 amide bonds. The second-order valence-electron chi connectivity index (χ2n) is 7.26. The summed E-state index contributed by atoms with van der Waals surface area (Å²) >= 11 is 0. The highest BCUT2D eigenvalue weighted by atomic mass is 15.3. The zero-order valence-corrected chi connectivity index (χ0v) is 13.4. The number of benzene rings is 1. The summed E-state index contributed by atoms with van der Waals surface area (Å²) in [7, 11) is 0. The van der Waals surface area contributed by atoms with E-state index in [-0.39, 0.29) is 0 Å². The summed E-state index contributed by atoms with van der Waals surface area (Å²) < 4.78 is 0. The lowest BCUT2D eigenvalue weighted by atomic mass is 9.87. The third kappa shape index (κ3) is 1.28. The molecule has 7 rings (SSSR count). The zero-order valence-electron chi connectivity index (χ0n) is 13.4. The van der Waals surface area contributed by atoms with Crippen LogP contribution >= 0.6 is 0 Å². The summed E-state index contributed by atoms with van der Waals surface area (Å²) in [6, 6.07) is 7.51. The van der Waals surface area contributed by atoms with Gasteiger partial charge >= 0.3 is 0 Å². The van der Waals surface area contributed by atoms with Crippen molar-refractivity contribution < 1.29 is 0 Å². The molecule has 0 N–H and O–H groups in total. The van der Waals surface area contributed by atoms with Gasteiger partial charge in [0.2, 0.25) is 0 Å². The zero-order chi connectivity index (χ0) is 16.1. The Kier molecular flexibility index (Phi) is 1.96. The number of rotatable bonds is 0. The normalized spacial score (nSPS) is 26.3. The van der Waals surface area contributed by atoms with E-state index in [1.807, 2.05) is 12.4 Å². The molecule has 0 fully saturated rings. The van der Waals surface area contributed by atoms with Crippen LogP contribution in [0.2, 0.25) is 0 Å². The van der Waals surface area contributed by atoms with E-state index in [9.17, 15) is 0 Å². The van der Waals surface area contributed by atoms with Crippen molar-refractivity contribution in [3.8, 4) is 0 Å². The van der Waals surface area contributed by atoms with Crippen molar-refractivity contribution in [2.24, 2.45) is 0 Å². The van der Waals surface area contributed by atoms with Crippen LogP contribution < -0.4 is 9.80 Å². The second kappa shape index (κ2) is 3.96. The van der Waals surface area contributed by atoms with Gasteiger partial charge in [0.1, 0.15) is 24.3 Å². The summed E-state index contributed by atoms with van der Waals surface area (Å²) in [6.07, 6.45) is 9.31. The molecule has 6 nitrogen and oxygen atoms in total. The van der Waals surface area contributed by atoms with Crippen LogP contribution in [0.1, 0.15) is 22.6 Å². The molecule has 4 aliphatic rings. The summed E-state index contributed by atoms with van der Waals surface area (Å²) in [6.45, 7) is 0. The van der Waals surface area contributed by atoms with Gasteiger partial charge in [-0.15, -0.1) is 0 Å². The summed E-state index contributed by atoms with van der Waals surface area (Å²) in [5.74, 6) is 2.66. The van der Waals surface area contributed by atoms with Crippen LogP contribution in [-0.2, 0) is 12.8 Å². The smallest absolute Gasteiger partial charge is 0.139 e. The van der Waals surface area contributed by atoms with Gasteiger partial charge in [0, 0.05) is 58.5 Å². The van der Waals surface area contributed by atoms with Gasteiger partial charge < -0.3 is 9.80 Å². The monoisotopic (exact) mass is 326 g/mol. The molecule has 25 heavy (non-hydrogen) atoms. The first-order valence-electron chi connectivity index (χ1n) is 8.71. The average Bonchev–Trinajstić information content (AvgIpc) is 3.35. The number of hydrogen-bond donors (Lipinski definition) is 0. The van der Waals surface area contributed by atoms with E-state index < -0.39 is 0 Å². The maximum absolute atomic E-state index is 4.59. The van der Waals surface area contributed by atoms with Crippen LogP contribution in [0.5, 0.6) is 0 Å². The average molecular weight is 326 g/mol. The quantitative estimate of drug-likeness (QED) is 0.633. The van der Waals surface area contributed by atoms with Gasteiger partial charge in [-0.3, -0.25) is 0 Å². The van der Waals surface area contributed by atoms with Gasteiger partial charge in [-0.25, -0.2) is 19.9 Å². The lowest BCUT2D eigenvalue weighted by Crippen LogP contribution is -2.37. The number of fused-ring (bicyclic) bond motifs is 10. The van der Waals surface area contributed by atoms with Crippen molar-refractivity contribution in [2.45, 2.75) is 30.8 Å². The van der Waals surface area contributed by atoms with Gasteiger partial charge in [0.25, 0.3) is 0 Å². The Labute approximate surface area is 144 Å². The van der Waals surface area contributed by atoms with Crippen LogP contribution in [0.4, 0.5) is 23.0 Å². The predicted molar refractivity (Wildman–Crippen MR) is 92.5 cm³/mol. The number of anilines is 4. The molecule has 0 aliphatic carbocycles. The molecule has 0 saturated carbocycles. The molecule has 0 saturated heterocycles. The number of aromatic nitrogens is 4. The first kappa shape index (κ1) is 12.4. The molecule has 1 aromatic carbocycles. The van der Waals surface area contributed by atoms with Crippen molar-refractivity contribution >= 4 is 23.0 Å². The van der Waals surface area contributed by atoms with E-state index >= 15 is 0 Å². The third-order valence-corrected chi connectivity index (χ3v) is 6.25. The fraction of sp³-hybridized carbons (Fsp3) is 0.263. The van der Waals surface area contributed by atoms with E-state index in [0.717, 1.165) is 24.5 Å². The molecule has 0 bridgehead atoms. The topological polar surface area (TPSA) is 58.0 Å². The Morgan fingerprint density at radius 3 is 1.92 bits per heavy atom. The molecule has 3 aromatic rings. The number of hydrogen-bond acceptors (Lipinski definition) is 6. The van der Waals surface area contributed by atoms with Crippen LogP contribution in [0.15, 0.2) is 43.2 Å². The van der Waals surface area contributed by atoms with Crippen LogP contribution in [-0.4, -0.2) is 32.0 Å². The van der Waals surface area contributed by atoms with Gasteiger partial charge in [-0.2, -0.15) is 0 Å². The number of nitrogens with zero attached hydrogens (tertiary/aromatic N) is 6. The van der Waals surface area contributed by atoms with Crippen molar-refractivity contribution in [2.75, 3.05) is 9.80 Å². The summed E-state index contributed by atoms with van der Waals surface area (Å²) in [5.41, 5.74) is 6.63. The maximum Gasteiger partial charge on any atom is 0.139 e. The van der Waals surface area contributed by atoms with Crippen molar-refractivity contribution in [3.05, 3.63) is 59.9 Å². The minimum Gasteiger partial charge on any atom is -0.322 e. The fourth-order valence-electron chi connectivity index (χ4n) is 5.48. The Balaban J connectivity index is 1.48. The van der Waals surface area contributed by atoms with Crippen molar-refractivity contribution in [3.63, 3.8) is 0 Å². The van der Waals surface area contributed by atoms with E-state index in [1.165, 1.54) is 28.1 Å². The predicted octanol–water partition coefficient (Wildman–Crippen LogP) is 2.50. The minimum atomic E-state index is 0.431. The molecule has 6 heterocycles. The molecule has 2 unspecified atom stereocenters. The van der Waals surface area contributed by atoms with Gasteiger partial charge in [0.05, 0.1) is 0 Å². The van der Waals surface area contributed by atoms with Crippen molar-refractivity contribution in [1.29, 1.82) is 0 Å². The largest absolute Gasteiger partial charge is 0.322 e.